The summed E-state index contributed by atoms with van der Waals surface area (Å²) < 4.78 is 52.4. The van der Waals surface area contributed by atoms with Gasteiger partial charge >= 0.3 is 0 Å². The number of rotatable bonds is 5. The summed E-state index contributed by atoms with van der Waals surface area (Å²) in [6.07, 6.45) is 3.90. The highest BCUT2D eigenvalue weighted by atomic mass is 32.2. The predicted octanol–water partition coefficient (Wildman–Crippen LogP) is 3.39. The van der Waals surface area contributed by atoms with Gasteiger partial charge in [-0.25, -0.2) is 17.5 Å². The van der Waals surface area contributed by atoms with Gasteiger partial charge in [0.1, 0.15) is 19.0 Å². The molecule has 1 fully saturated rings. The molecule has 2 aliphatic rings. The van der Waals surface area contributed by atoms with Crippen molar-refractivity contribution in [3.8, 4) is 11.5 Å². The lowest BCUT2D eigenvalue weighted by molar-refractivity contribution is 0.171. The van der Waals surface area contributed by atoms with E-state index in [1.807, 2.05) is 18.2 Å². The molecule has 1 aliphatic carbocycles. The highest BCUT2D eigenvalue weighted by Crippen LogP contribution is 2.44. The molecule has 0 saturated heterocycles. The van der Waals surface area contributed by atoms with E-state index in [-0.39, 0.29) is 10.3 Å². The standard InChI is InChI=1S/C20H22FNO4S/c21-16-4-6-17(7-5-16)27(23,24)22-14-20(9-1-2-10-20)15-3-8-18-19(13-15)26-12-11-25-18/h3-8,13,22H,1-2,9-12,14H2. The number of benzene rings is 2. The van der Waals surface area contributed by atoms with E-state index >= 15 is 0 Å². The highest BCUT2D eigenvalue weighted by Gasteiger charge is 2.37. The highest BCUT2D eigenvalue weighted by molar-refractivity contribution is 7.89. The van der Waals surface area contributed by atoms with Gasteiger partial charge in [-0.2, -0.15) is 0 Å². The number of sulfonamides is 1. The number of hydrogen-bond acceptors (Lipinski definition) is 4. The lowest BCUT2D eigenvalue weighted by Gasteiger charge is -2.31. The van der Waals surface area contributed by atoms with Gasteiger partial charge in [0, 0.05) is 12.0 Å². The van der Waals surface area contributed by atoms with Gasteiger partial charge in [-0.1, -0.05) is 18.9 Å². The lowest BCUT2D eigenvalue weighted by Crippen LogP contribution is -2.39. The Morgan fingerprint density at radius 2 is 1.63 bits per heavy atom. The zero-order chi connectivity index (χ0) is 18.9. The molecule has 4 rings (SSSR count). The Labute approximate surface area is 158 Å². The Morgan fingerprint density at radius 1 is 0.963 bits per heavy atom. The normalized spacial score (nSPS) is 18.4. The smallest absolute Gasteiger partial charge is 0.240 e. The van der Waals surface area contributed by atoms with Crippen LogP contribution < -0.4 is 14.2 Å². The second kappa shape index (κ2) is 7.13. The van der Waals surface area contributed by atoms with E-state index in [9.17, 15) is 12.8 Å². The summed E-state index contributed by atoms with van der Waals surface area (Å²) in [5.41, 5.74) is 0.786. The van der Waals surface area contributed by atoms with Crippen LogP contribution in [0.4, 0.5) is 4.39 Å². The van der Waals surface area contributed by atoms with E-state index in [4.69, 9.17) is 9.47 Å². The monoisotopic (exact) mass is 391 g/mol. The summed E-state index contributed by atoms with van der Waals surface area (Å²) in [6, 6.07) is 10.8. The molecule has 1 heterocycles. The fourth-order valence-corrected chi connectivity index (χ4v) is 5.05. The number of hydrogen-bond donors (Lipinski definition) is 1. The van der Waals surface area contributed by atoms with Crippen LogP contribution in [-0.4, -0.2) is 28.2 Å². The van der Waals surface area contributed by atoms with Crippen molar-refractivity contribution in [3.63, 3.8) is 0 Å². The van der Waals surface area contributed by atoms with E-state index in [1.165, 1.54) is 12.1 Å². The third-order valence-electron chi connectivity index (χ3n) is 5.44. The summed E-state index contributed by atoms with van der Waals surface area (Å²) in [4.78, 5) is 0.0687. The van der Waals surface area contributed by atoms with Crippen LogP contribution >= 0.6 is 0 Å². The Kier molecular flexibility index (Phi) is 4.82. The Hall–Kier alpha value is -2.12. The molecule has 0 spiro atoms. The molecule has 2 aromatic rings. The first-order chi connectivity index (χ1) is 13.0. The largest absolute Gasteiger partial charge is 0.486 e. The summed E-state index contributed by atoms with van der Waals surface area (Å²) in [5.74, 6) is 0.981. The molecular formula is C20H22FNO4S. The molecule has 1 N–H and O–H groups in total. The second-order valence-electron chi connectivity index (χ2n) is 7.12. The predicted molar refractivity (Wildman–Crippen MR) is 99.2 cm³/mol. The third kappa shape index (κ3) is 3.66. The number of fused-ring (bicyclic) bond motifs is 1. The van der Waals surface area contributed by atoms with Crippen molar-refractivity contribution >= 4 is 10.0 Å². The molecule has 0 unspecified atom stereocenters. The van der Waals surface area contributed by atoms with Gasteiger partial charge in [0.25, 0.3) is 0 Å². The summed E-state index contributed by atoms with van der Waals surface area (Å²) in [7, 11) is -3.70. The van der Waals surface area contributed by atoms with Crippen molar-refractivity contribution in [2.24, 2.45) is 0 Å². The van der Waals surface area contributed by atoms with E-state index in [0.29, 0.717) is 25.5 Å². The van der Waals surface area contributed by atoms with Gasteiger partial charge in [-0.3, -0.25) is 0 Å². The minimum Gasteiger partial charge on any atom is -0.486 e. The second-order valence-corrected chi connectivity index (χ2v) is 8.89. The zero-order valence-electron chi connectivity index (χ0n) is 14.9. The SMILES string of the molecule is O=S(=O)(NCC1(c2ccc3c(c2)OCCO3)CCCC1)c1ccc(F)cc1. The maximum atomic E-state index is 13.1. The van der Waals surface area contributed by atoms with Crippen LogP contribution in [0.5, 0.6) is 11.5 Å². The number of nitrogens with one attached hydrogen (secondary N) is 1. The van der Waals surface area contributed by atoms with Gasteiger partial charge in [-0.15, -0.1) is 0 Å². The Bertz CT molecular complexity index is 921. The van der Waals surface area contributed by atoms with Gasteiger partial charge in [0.05, 0.1) is 4.90 Å². The molecule has 0 radical (unpaired) electrons. The van der Waals surface area contributed by atoms with Gasteiger partial charge in [0.2, 0.25) is 10.0 Å². The quantitative estimate of drug-likeness (QED) is 0.849. The average molecular weight is 391 g/mol. The summed E-state index contributed by atoms with van der Waals surface area (Å²) in [6.45, 7) is 1.35. The third-order valence-corrected chi connectivity index (χ3v) is 6.86. The van der Waals surface area contributed by atoms with Crippen LogP contribution in [-0.2, 0) is 15.4 Å². The van der Waals surface area contributed by atoms with E-state index in [1.54, 1.807) is 0 Å². The molecule has 0 bridgehead atoms. The minimum atomic E-state index is -3.70. The van der Waals surface area contributed by atoms with Crippen molar-refractivity contribution in [2.45, 2.75) is 36.0 Å². The first-order valence-electron chi connectivity index (χ1n) is 9.14. The molecule has 0 atom stereocenters. The lowest BCUT2D eigenvalue weighted by atomic mass is 9.79. The van der Waals surface area contributed by atoms with Crippen molar-refractivity contribution < 1.29 is 22.3 Å². The fourth-order valence-electron chi connectivity index (χ4n) is 3.92. The van der Waals surface area contributed by atoms with Crippen LogP contribution in [0.1, 0.15) is 31.2 Å². The van der Waals surface area contributed by atoms with Crippen LogP contribution in [0.2, 0.25) is 0 Å². The maximum absolute atomic E-state index is 13.1. The molecule has 1 saturated carbocycles. The molecule has 144 valence electrons. The zero-order valence-corrected chi connectivity index (χ0v) is 15.7. The maximum Gasteiger partial charge on any atom is 0.240 e. The fraction of sp³-hybridized carbons (Fsp3) is 0.400. The first kappa shape index (κ1) is 18.3. The van der Waals surface area contributed by atoms with Gasteiger partial charge < -0.3 is 9.47 Å². The van der Waals surface area contributed by atoms with Gasteiger partial charge in [0.15, 0.2) is 11.5 Å². The van der Waals surface area contributed by atoms with Crippen molar-refractivity contribution in [1.29, 1.82) is 0 Å². The molecule has 0 amide bonds. The Morgan fingerprint density at radius 3 is 2.33 bits per heavy atom. The molecule has 7 heteroatoms. The van der Waals surface area contributed by atoms with Crippen molar-refractivity contribution in [3.05, 3.63) is 53.8 Å². The van der Waals surface area contributed by atoms with E-state index < -0.39 is 15.8 Å². The average Bonchev–Trinajstić information content (AvgIpc) is 3.17. The van der Waals surface area contributed by atoms with Crippen molar-refractivity contribution in [1.82, 2.24) is 4.72 Å². The van der Waals surface area contributed by atoms with Crippen LogP contribution in [0, 0.1) is 5.82 Å². The molecule has 5 nitrogen and oxygen atoms in total. The number of ether oxygens (including phenoxy) is 2. The van der Waals surface area contributed by atoms with Crippen LogP contribution in [0.25, 0.3) is 0 Å². The molecule has 1 aliphatic heterocycles. The topological polar surface area (TPSA) is 64.6 Å². The summed E-state index contributed by atoms with van der Waals surface area (Å²) in [5, 5.41) is 0. The molecule has 2 aromatic carbocycles. The number of halogens is 1. The first-order valence-corrected chi connectivity index (χ1v) is 10.6. The molecule has 0 aromatic heterocycles. The van der Waals surface area contributed by atoms with Gasteiger partial charge in [-0.05, 0) is 54.8 Å². The van der Waals surface area contributed by atoms with E-state index in [2.05, 4.69) is 4.72 Å². The minimum absolute atomic E-state index is 0.0687. The molecular weight excluding hydrogens is 369 g/mol. The van der Waals surface area contributed by atoms with Crippen LogP contribution in [0.3, 0.4) is 0 Å². The summed E-state index contributed by atoms with van der Waals surface area (Å²) >= 11 is 0. The molecule has 27 heavy (non-hydrogen) atoms. The van der Waals surface area contributed by atoms with E-state index in [0.717, 1.165) is 49.1 Å². The Balaban J connectivity index is 1.58. The van der Waals surface area contributed by atoms with Crippen LogP contribution in [0.15, 0.2) is 47.4 Å². The van der Waals surface area contributed by atoms with Crippen molar-refractivity contribution in [2.75, 3.05) is 19.8 Å².